The van der Waals surface area contributed by atoms with E-state index in [0.717, 1.165) is 17.0 Å². The Morgan fingerprint density at radius 3 is 2.53 bits per heavy atom. The van der Waals surface area contributed by atoms with Gasteiger partial charge in [-0.15, -0.1) is 0 Å². The molecule has 5 rings (SSSR count). The van der Waals surface area contributed by atoms with Crippen molar-refractivity contribution >= 4 is 28.3 Å². The number of amidine groups is 1. The molecule has 4 aromatic rings. The van der Waals surface area contributed by atoms with Crippen molar-refractivity contribution in [1.29, 1.82) is 5.26 Å². The summed E-state index contributed by atoms with van der Waals surface area (Å²) in [5.41, 5.74) is 2.60. The molecule has 192 valence electrons. The summed E-state index contributed by atoms with van der Waals surface area (Å²) in [7, 11) is 0. The molecular formula is C31H30ClN5O. The first-order valence-corrected chi connectivity index (χ1v) is 13.2. The molecule has 0 saturated carbocycles. The largest absolute Gasteiger partial charge is 0.344 e. The van der Waals surface area contributed by atoms with Gasteiger partial charge in [0.05, 0.1) is 40.7 Å². The summed E-state index contributed by atoms with van der Waals surface area (Å²) in [5, 5.41) is 10.6. The zero-order chi connectivity index (χ0) is 27.0. The minimum atomic E-state index is -0.351. The number of nitriles is 1. The van der Waals surface area contributed by atoms with E-state index in [1.807, 2.05) is 48.5 Å². The van der Waals surface area contributed by atoms with Crippen molar-refractivity contribution in [1.82, 2.24) is 14.5 Å². The number of hydrogen-bond acceptors (Lipinski definition) is 5. The molecule has 1 atom stereocenters. The molecule has 1 aliphatic heterocycles. The van der Waals surface area contributed by atoms with Crippen molar-refractivity contribution in [2.45, 2.75) is 45.8 Å². The van der Waals surface area contributed by atoms with E-state index in [-0.39, 0.29) is 23.1 Å². The van der Waals surface area contributed by atoms with Crippen molar-refractivity contribution in [3.8, 4) is 6.07 Å². The average molecular weight is 524 g/mol. The molecule has 0 saturated heterocycles. The quantitative estimate of drug-likeness (QED) is 0.301. The summed E-state index contributed by atoms with van der Waals surface area (Å²) in [6.45, 7) is 9.53. The number of halogens is 1. The van der Waals surface area contributed by atoms with Gasteiger partial charge in [0, 0.05) is 17.1 Å². The minimum Gasteiger partial charge on any atom is -0.344 e. The number of aliphatic imine (C=N–C) groups is 1. The highest BCUT2D eigenvalue weighted by Gasteiger charge is 2.39. The molecule has 7 heteroatoms. The lowest BCUT2D eigenvalue weighted by Crippen LogP contribution is -2.42. The van der Waals surface area contributed by atoms with Gasteiger partial charge < -0.3 is 4.90 Å². The van der Waals surface area contributed by atoms with E-state index < -0.39 is 0 Å². The molecular weight excluding hydrogens is 494 g/mol. The fourth-order valence-corrected chi connectivity index (χ4v) is 5.39. The molecule has 38 heavy (non-hydrogen) atoms. The Morgan fingerprint density at radius 2 is 1.82 bits per heavy atom. The Balaban J connectivity index is 1.73. The lowest BCUT2D eigenvalue weighted by molar-refractivity contribution is 0.225. The Morgan fingerprint density at radius 1 is 1.05 bits per heavy atom. The minimum absolute atomic E-state index is 0.0961. The van der Waals surface area contributed by atoms with E-state index in [1.165, 1.54) is 0 Å². The number of hydrogen-bond donors (Lipinski definition) is 0. The first-order valence-electron chi connectivity index (χ1n) is 12.8. The summed E-state index contributed by atoms with van der Waals surface area (Å²) in [5.74, 6) is 1.57. The highest BCUT2D eigenvalue weighted by atomic mass is 35.5. The summed E-state index contributed by atoms with van der Waals surface area (Å²) in [4.78, 5) is 26.4. The highest BCUT2D eigenvalue weighted by Crippen LogP contribution is 2.36. The predicted octanol–water partition coefficient (Wildman–Crippen LogP) is 6.21. The fraction of sp³-hybridized carbons (Fsp3) is 0.290. The van der Waals surface area contributed by atoms with Crippen LogP contribution >= 0.6 is 11.6 Å². The van der Waals surface area contributed by atoms with Crippen LogP contribution in [0.15, 0.2) is 82.6 Å². The van der Waals surface area contributed by atoms with Crippen LogP contribution in [0, 0.1) is 17.2 Å². The topological polar surface area (TPSA) is 74.3 Å². The molecule has 1 aliphatic rings. The van der Waals surface area contributed by atoms with E-state index in [1.54, 1.807) is 28.8 Å². The van der Waals surface area contributed by atoms with Gasteiger partial charge in [-0.3, -0.25) is 14.4 Å². The van der Waals surface area contributed by atoms with Gasteiger partial charge in [-0.05, 0) is 55.7 Å². The van der Waals surface area contributed by atoms with Crippen LogP contribution in [0.25, 0.3) is 10.9 Å². The third-order valence-corrected chi connectivity index (χ3v) is 7.09. The molecule has 0 amide bonds. The summed E-state index contributed by atoms with van der Waals surface area (Å²) >= 11 is 6.33. The van der Waals surface area contributed by atoms with Gasteiger partial charge in [0.15, 0.2) is 0 Å². The molecule has 1 unspecified atom stereocenters. The van der Waals surface area contributed by atoms with Crippen LogP contribution in [-0.4, -0.2) is 32.4 Å². The van der Waals surface area contributed by atoms with E-state index in [9.17, 15) is 10.1 Å². The number of nitrogens with zero attached hydrogens (tertiary/aromatic N) is 5. The molecule has 0 bridgehead atoms. The monoisotopic (exact) mass is 523 g/mol. The second-order valence-corrected chi connectivity index (χ2v) is 11.2. The maximum Gasteiger partial charge on any atom is 0.261 e. The van der Waals surface area contributed by atoms with E-state index >= 15 is 0 Å². The molecule has 0 spiro atoms. The van der Waals surface area contributed by atoms with Gasteiger partial charge in [-0.1, -0.05) is 67.9 Å². The van der Waals surface area contributed by atoms with Gasteiger partial charge in [-0.2, -0.15) is 5.26 Å². The van der Waals surface area contributed by atoms with E-state index in [2.05, 4.69) is 38.7 Å². The molecule has 0 aliphatic carbocycles. The predicted molar refractivity (Wildman–Crippen MR) is 153 cm³/mol. The van der Waals surface area contributed by atoms with Crippen LogP contribution in [0.2, 0.25) is 5.02 Å². The summed E-state index contributed by atoms with van der Waals surface area (Å²) < 4.78 is 1.80. The van der Waals surface area contributed by atoms with Crippen LogP contribution in [0.1, 0.15) is 56.3 Å². The normalized spacial score (nSPS) is 15.5. The Labute approximate surface area is 227 Å². The molecule has 0 fully saturated rings. The number of fused-ring (bicyclic) bond motifs is 1. The van der Waals surface area contributed by atoms with Crippen LogP contribution in [0.3, 0.4) is 0 Å². The first-order chi connectivity index (χ1) is 18.2. The van der Waals surface area contributed by atoms with Gasteiger partial charge in [0.25, 0.3) is 5.56 Å². The van der Waals surface area contributed by atoms with Crippen LogP contribution in [-0.2, 0) is 6.54 Å². The van der Waals surface area contributed by atoms with Crippen molar-refractivity contribution in [2.75, 3.05) is 6.54 Å². The van der Waals surface area contributed by atoms with Crippen LogP contribution in [0.5, 0.6) is 0 Å². The Hall–Kier alpha value is -3.95. The molecule has 3 aromatic carbocycles. The van der Waals surface area contributed by atoms with Crippen molar-refractivity contribution in [3.63, 3.8) is 0 Å². The fourth-order valence-electron chi connectivity index (χ4n) is 5.22. The second-order valence-electron chi connectivity index (χ2n) is 10.8. The molecule has 6 nitrogen and oxygen atoms in total. The third-order valence-electron chi connectivity index (χ3n) is 6.85. The van der Waals surface area contributed by atoms with E-state index in [4.69, 9.17) is 21.6 Å². The maximum atomic E-state index is 14.0. The van der Waals surface area contributed by atoms with E-state index in [0.29, 0.717) is 40.4 Å². The van der Waals surface area contributed by atoms with Crippen LogP contribution in [0.4, 0.5) is 0 Å². The molecule has 0 radical (unpaired) electrons. The maximum absolute atomic E-state index is 14.0. The van der Waals surface area contributed by atoms with Crippen molar-refractivity contribution in [3.05, 3.63) is 111 Å². The zero-order valence-corrected chi connectivity index (χ0v) is 22.8. The van der Waals surface area contributed by atoms with Crippen LogP contribution < -0.4 is 5.56 Å². The lowest BCUT2D eigenvalue weighted by atomic mass is 9.97. The standard InChI is InChI=1S/C31H30ClN5O/c1-20(2)27(37-19-31(3,4)35-28(37)23-12-8-11-22(15-23)17-33)29-34-26-16-24(32)13-14-25(26)30(38)36(29)18-21-9-6-5-7-10-21/h5-16,20,27H,18-19H2,1-4H3. The molecule has 2 heterocycles. The SMILES string of the molecule is CC(C)C(c1nc2cc(Cl)ccc2c(=O)n1Cc1ccccc1)N1CC(C)(C)N=C1c1cccc(C#N)c1. The van der Waals surface area contributed by atoms with Gasteiger partial charge in [0.1, 0.15) is 11.7 Å². The lowest BCUT2D eigenvalue weighted by Gasteiger charge is -2.35. The zero-order valence-electron chi connectivity index (χ0n) is 22.0. The van der Waals surface area contributed by atoms with Crippen molar-refractivity contribution in [2.24, 2.45) is 10.9 Å². The Kier molecular flexibility index (Phi) is 6.81. The van der Waals surface area contributed by atoms with Gasteiger partial charge in [0.2, 0.25) is 0 Å². The summed E-state index contributed by atoms with van der Waals surface area (Å²) in [6.07, 6.45) is 0. The van der Waals surface area contributed by atoms with Gasteiger partial charge >= 0.3 is 0 Å². The average Bonchev–Trinajstić information content (AvgIpc) is 3.21. The number of benzene rings is 3. The molecule has 1 aromatic heterocycles. The second kappa shape index (κ2) is 10.1. The van der Waals surface area contributed by atoms with Crippen molar-refractivity contribution < 1.29 is 0 Å². The number of rotatable bonds is 6. The number of aromatic nitrogens is 2. The summed E-state index contributed by atoms with van der Waals surface area (Å²) in [6, 6.07) is 24.7. The van der Waals surface area contributed by atoms with Gasteiger partial charge in [-0.25, -0.2) is 4.98 Å². The first kappa shape index (κ1) is 25.7. The highest BCUT2D eigenvalue weighted by molar-refractivity contribution is 6.31. The molecule has 0 N–H and O–H groups in total. The Bertz CT molecular complexity index is 1630. The third kappa shape index (κ3) is 4.94. The smallest absolute Gasteiger partial charge is 0.261 e.